The number of aryl methyl sites for hydroxylation is 1. The van der Waals surface area contributed by atoms with Gasteiger partial charge in [-0.1, -0.05) is 6.07 Å². The van der Waals surface area contributed by atoms with Gasteiger partial charge in [0.1, 0.15) is 5.82 Å². The summed E-state index contributed by atoms with van der Waals surface area (Å²) < 4.78 is 11.0. The minimum Gasteiger partial charge on any atom is -0.490 e. The Kier molecular flexibility index (Phi) is 6.33. The monoisotopic (exact) mass is 343 g/mol. The van der Waals surface area contributed by atoms with E-state index in [-0.39, 0.29) is 0 Å². The van der Waals surface area contributed by atoms with Gasteiger partial charge < -0.3 is 20.1 Å². The number of carbonyl (C=O) groups excluding carboxylic acids is 2. The van der Waals surface area contributed by atoms with Gasteiger partial charge in [0, 0.05) is 18.0 Å². The molecule has 2 amide bonds. The van der Waals surface area contributed by atoms with Crippen LogP contribution in [0.5, 0.6) is 11.5 Å². The Morgan fingerprint density at radius 3 is 2.28 bits per heavy atom. The predicted octanol–water partition coefficient (Wildman–Crippen LogP) is 2.76. The first-order valence-corrected chi connectivity index (χ1v) is 7.98. The third kappa shape index (κ3) is 5.20. The minimum atomic E-state index is -0.803. The van der Waals surface area contributed by atoms with Crippen molar-refractivity contribution in [3.8, 4) is 11.5 Å². The number of hydrogen-bond donors (Lipinski definition) is 2. The molecule has 0 aliphatic carbocycles. The van der Waals surface area contributed by atoms with Crippen molar-refractivity contribution in [2.45, 2.75) is 20.8 Å². The standard InChI is InChI=1S/C18H21N3O4/c1-4-24-14-8-7-13(10-15(14)25-5-2)20-17(22)18(23)21-16-9-6-12(3)11-19-16/h6-11H,4-5H2,1-3H3,(H,20,22)(H,19,21,23). The first-order valence-electron chi connectivity index (χ1n) is 7.98. The number of anilines is 2. The molecule has 0 aliphatic rings. The molecule has 2 N–H and O–H groups in total. The SMILES string of the molecule is CCOc1ccc(NC(=O)C(=O)Nc2ccc(C)cn2)cc1OCC. The van der Waals surface area contributed by atoms with Crippen molar-refractivity contribution in [3.63, 3.8) is 0 Å². The summed E-state index contributed by atoms with van der Waals surface area (Å²) in [5.41, 5.74) is 1.39. The normalized spacial score (nSPS) is 10.0. The average Bonchev–Trinajstić information content (AvgIpc) is 2.59. The smallest absolute Gasteiger partial charge is 0.315 e. The van der Waals surface area contributed by atoms with Crippen molar-refractivity contribution in [2.75, 3.05) is 23.8 Å². The summed E-state index contributed by atoms with van der Waals surface area (Å²) in [5.74, 6) is -0.206. The number of aromatic nitrogens is 1. The first kappa shape index (κ1) is 18.3. The van der Waals surface area contributed by atoms with Crippen LogP contribution in [0.3, 0.4) is 0 Å². The van der Waals surface area contributed by atoms with E-state index in [0.717, 1.165) is 5.56 Å². The maximum atomic E-state index is 12.0. The van der Waals surface area contributed by atoms with Crippen LogP contribution >= 0.6 is 0 Å². The number of nitrogens with one attached hydrogen (secondary N) is 2. The summed E-state index contributed by atoms with van der Waals surface area (Å²) >= 11 is 0. The Labute approximate surface area is 146 Å². The van der Waals surface area contributed by atoms with Gasteiger partial charge in [-0.2, -0.15) is 0 Å². The largest absolute Gasteiger partial charge is 0.490 e. The van der Waals surface area contributed by atoms with Crippen molar-refractivity contribution in [1.82, 2.24) is 4.98 Å². The van der Waals surface area contributed by atoms with E-state index in [1.54, 1.807) is 36.5 Å². The minimum absolute atomic E-state index is 0.312. The van der Waals surface area contributed by atoms with Crippen molar-refractivity contribution in [3.05, 3.63) is 42.1 Å². The van der Waals surface area contributed by atoms with Crippen molar-refractivity contribution in [2.24, 2.45) is 0 Å². The second-order valence-corrected chi connectivity index (χ2v) is 5.16. The summed E-state index contributed by atoms with van der Waals surface area (Å²) in [6.45, 7) is 6.56. The molecule has 0 unspecified atom stereocenters. The highest BCUT2D eigenvalue weighted by Crippen LogP contribution is 2.30. The predicted molar refractivity (Wildman–Crippen MR) is 95.0 cm³/mol. The molecule has 7 nitrogen and oxygen atoms in total. The van der Waals surface area contributed by atoms with Crippen LogP contribution in [0.2, 0.25) is 0 Å². The van der Waals surface area contributed by atoms with Gasteiger partial charge in [0.05, 0.1) is 13.2 Å². The summed E-state index contributed by atoms with van der Waals surface area (Å²) in [7, 11) is 0. The Hall–Kier alpha value is -3.09. The van der Waals surface area contributed by atoms with Gasteiger partial charge >= 0.3 is 11.8 Å². The van der Waals surface area contributed by atoms with Crippen LogP contribution in [-0.4, -0.2) is 30.0 Å². The molecule has 0 spiro atoms. The number of carbonyl (C=O) groups is 2. The molecule has 0 saturated heterocycles. The molecular formula is C18H21N3O4. The maximum absolute atomic E-state index is 12.0. The molecule has 7 heteroatoms. The summed E-state index contributed by atoms with van der Waals surface area (Å²) in [6.07, 6.45) is 1.61. The van der Waals surface area contributed by atoms with Gasteiger partial charge in [0.2, 0.25) is 0 Å². The Morgan fingerprint density at radius 2 is 1.64 bits per heavy atom. The summed E-state index contributed by atoms with van der Waals surface area (Å²) in [4.78, 5) is 28.0. The van der Waals surface area contributed by atoms with Gasteiger partial charge in [0.25, 0.3) is 0 Å². The van der Waals surface area contributed by atoms with Crippen LogP contribution in [0.25, 0.3) is 0 Å². The van der Waals surface area contributed by atoms with E-state index in [4.69, 9.17) is 9.47 Å². The van der Waals surface area contributed by atoms with Crippen LogP contribution in [0.4, 0.5) is 11.5 Å². The number of hydrogen-bond acceptors (Lipinski definition) is 5. The molecule has 0 aliphatic heterocycles. The first-order chi connectivity index (χ1) is 12.0. The molecule has 2 rings (SSSR count). The lowest BCUT2D eigenvalue weighted by molar-refractivity contribution is -0.133. The van der Waals surface area contributed by atoms with E-state index in [0.29, 0.717) is 36.2 Å². The highest BCUT2D eigenvalue weighted by atomic mass is 16.5. The topological polar surface area (TPSA) is 89.5 Å². The number of rotatable bonds is 6. The van der Waals surface area contributed by atoms with E-state index < -0.39 is 11.8 Å². The molecule has 0 fully saturated rings. The van der Waals surface area contributed by atoms with E-state index in [9.17, 15) is 9.59 Å². The molecule has 25 heavy (non-hydrogen) atoms. The lowest BCUT2D eigenvalue weighted by Crippen LogP contribution is -2.29. The number of nitrogens with zero attached hydrogens (tertiary/aromatic N) is 1. The Morgan fingerprint density at radius 1 is 0.960 bits per heavy atom. The second-order valence-electron chi connectivity index (χ2n) is 5.16. The van der Waals surface area contributed by atoms with Gasteiger partial charge in [0.15, 0.2) is 11.5 Å². The van der Waals surface area contributed by atoms with Crippen molar-refractivity contribution in [1.29, 1.82) is 0 Å². The Bertz CT molecular complexity index is 744. The van der Waals surface area contributed by atoms with Gasteiger partial charge in [-0.15, -0.1) is 0 Å². The van der Waals surface area contributed by atoms with E-state index in [2.05, 4.69) is 15.6 Å². The third-order valence-electron chi connectivity index (χ3n) is 3.16. The molecule has 1 heterocycles. The zero-order valence-electron chi connectivity index (χ0n) is 14.5. The molecule has 132 valence electrons. The molecule has 2 aromatic rings. The van der Waals surface area contributed by atoms with E-state index in [1.807, 2.05) is 20.8 Å². The fraction of sp³-hybridized carbons (Fsp3) is 0.278. The number of pyridine rings is 1. The van der Waals surface area contributed by atoms with Gasteiger partial charge in [-0.3, -0.25) is 9.59 Å². The molecule has 0 saturated carbocycles. The fourth-order valence-electron chi connectivity index (χ4n) is 2.03. The van der Waals surface area contributed by atoms with Gasteiger partial charge in [-0.25, -0.2) is 4.98 Å². The highest BCUT2D eigenvalue weighted by Gasteiger charge is 2.16. The van der Waals surface area contributed by atoms with Crippen LogP contribution in [0.1, 0.15) is 19.4 Å². The van der Waals surface area contributed by atoms with Crippen LogP contribution < -0.4 is 20.1 Å². The number of ether oxygens (including phenoxy) is 2. The van der Waals surface area contributed by atoms with Crippen molar-refractivity contribution < 1.29 is 19.1 Å². The molecular weight excluding hydrogens is 322 g/mol. The molecule has 0 radical (unpaired) electrons. The third-order valence-corrected chi connectivity index (χ3v) is 3.16. The van der Waals surface area contributed by atoms with E-state index in [1.165, 1.54) is 0 Å². The molecule has 1 aromatic heterocycles. The van der Waals surface area contributed by atoms with Crippen LogP contribution in [-0.2, 0) is 9.59 Å². The number of amides is 2. The maximum Gasteiger partial charge on any atom is 0.315 e. The fourth-order valence-corrected chi connectivity index (χ4v) is 2.03. The zero-order chi connectivity index (χ0) is 18.2. The van der Waals surface area contributed by atoms with E-state index >= 15 is 0 Å². The Balaban J connectivity index is 2.04. The van der Waals surface area contributed by atoms with Crippen LogP contribution in [0, 0.1) is 6.92 Å². The summed E-state index contributed by atoms with van der Waals surface area (Å²) in [5, 5.41) is 4.97. The lowest BCUT2D eigenvalue weighted by Gasteiger charge is -2.13. The zero-order valence-corrected chi connectivity index (χ0v) is 14.5. The van der Waals surface area contributed by atoms with Crippen LogP contribution in [0.15, 0.2) is 36.5 Å². The summed E-state index contributed by atoms with van der Waals surface area (Å²) in [6, 6.07) is 8.36. The second kappa shape index (κ2) is 8.68. The van der Waals surface area contributed by atoms with Gasteiger partial charge in [-0.05, 0) is 44.5 Å². The average molecular weight is 343 g/mol. The number of benzene rings is 1. The quantitative estimate of drug-likeness (QED) is 0.787. The highest BCUT2D eigenvalue weighted by molar-refractivity contribution is 6.43. The lowest BCUT2D eigenvalue weighted by atomic mass is 10.2. The molecule has 1 aromatic carbocycles. The molecule has 0 atom stereocenters. The molecule has 0 bridgehead atoms. The van der Waals surface area contributed by atoms with Crippen molar-refractivity contribution >= 4 is 23.3 Å².